The van der Waals surface area contributed by atoms with Crippen molar-refractivity contribution in [3.8, 4) is 22.8 Å². The first-order chi connectivity index (χ1) is 13.1. The molecule has 28 heavy (non-hydrogen) atoms. The molecule has 2 aromatic carbocycles. The third kappa shape index (κ3) is 3.41. The number of phenols is 2. The molecule has 0 spiro atoms. The van der Waals surface area contributed by atoms with Crippen LogP contribution in [0.15, 0.2) is 48.7 Å². The third-order valence-corrected chi connectivity index (χ3v) is 5.17. The Balaban J connectivity index is 0.00000225. The Bertz CT molecular complexity index is 1100. The van der Waals surface area contributed by atoms with Gasteiger partial charge in [-0.1, -0.05) is 26.0 Å². The van der Waals surface area contributed by atoms with E-state index in [2.05, 4.69) is 45.9 Å². The fourth-order valence-corrected chi connectivity index (χ4v) is 3.57. The van der Waals surface area contributed by atoms with Gasteiger partial charge in [0.2, 0.25) is 5.78 Å². The van der Waals surface area contributed by atoms with Crippen LogP contribution in [-0.4, -0.2) is 48.7 Å². The van der Waals surface area contributed by atoms with E-state index >= 15 is 0 Å². The summed E-state index contributed by atoms with van der Waals surface area (Å²) in [5.41, 5.74) is 3.80. The molecule has 0 aliphatic rings. The lowest BCUT2D eigenvalue weighted by molar-refractivity contribution is 0.293. The summed E-state index contributed by atoms with van der Waals surface area (Å²) in [4.78, 5) is 7.23. The third-order valence-electron chi connectivity index (χ3n) is 5.17. The van der Waals surface area contributed by atoms with E-state index in [4.69, 9.17) is 4.98 Å². The molecule has 0 saturated carbocycles. The van der Waals surface area contributed by atoms with Crippen LogP contribution < -0.4 is 0 Å². The highest BCUT2D eigenvalue weighted by Gasteiger charge is 2.15. The molecule has 0 atom stereocenters. The molecule has 0 unspecified atom stereocenters. The highest BCUT2D eigenvalue weighted by atomic mass is 35.5. The first kappa shape index (κ1) is 20.0. The molecule has 0 radical (unpaired) electrons. The monoisotopic (exact) mass is 400 g/mol. The quantitative estimate of drug-likeness (QED) is 0.477. The fraction of sp³-hybridized carbons (Fsp3) is 0.286. The minimum atomic E-state index is -0.139. The zero-order valence-electron chi connectivity index (χ0n) is 16.0. The molecule has 0 bridgehead atoms. The van der Waals surface area contributed by atoms with Crippen LogP contribution in [0.3, 0.4) is 0 Å². The second-order valence-corrected chi connectivity index (χ2v) is 6.67. The van der Waals surface area contributed by atoms with Gasteiger partial charge < -0.3 is 19.7 Å². The van der Waals surface area contributed by atoms with E-state index in [1.54, 1.807) is 12.1 Å². The molecule has 2 aromatic heterocycles. The van der Waals surface area contributed by atoms with Gasteiger partial charge >= 0.3 is 0 Å². The SMILES string of the molecule is CCN(CC)CCn1c2ccccc2n2cc(-c3ccc(O)c(O)c3)nc12.Cl. The number of para-hydroxylation sites is 2. The number of rotatable bonds is 6. The first-order valence-electron chi connectivity index (χ1n) is 9.33. The van der Waals surface area contributed by atoms with Crippen molar-refractivity contribution >= 4 is 29.2 Å². The van der Waals surface area contributed by atoms with Crippen molar-refractivity contribution in [1.29, 1.82) is 0 Å². The molecule has 0 aliphatic heterocycles. The molecule has 6 nitrogen and oxygen atoms in total. The summed E-state index contributed by atoms with van der Waals surface area (Å²) in [6.45, 7) is 8.23. The topological polar surface area (TPSA) is 65.9 Å². The van der Waals surface area contributed by atoms with E-state index in [9.17, 15) is 10.2 Å². The molecule has 0 amide bonds. The fourth-order valence-electron chi connectivity index (χ4n) is 3.57. The van der Waals surface area contributed by atoms with Gasteiger partial charge in [-0.3, -0.25) is 4.40 Å². The zero-order chi connectivity index (χ0) is 19.0. The lowest BCUT2D eigenvalue weighted by atomic mass is 10.1. The van der Waals surface area contributed by atoms with Crippen LogP contribution in [0.4, 0.5) is 0 Å². The van der Waals surface area contributed by atoms with Crippen molar-refractivity contribution in [2.24, 2.45) is 0 Å². The highest BCUT2D eigenvalue weighted by molar-refractivity contribution is 5.85. The van der Waals surface area contributed by atoms with E-state index in [1.165, 1.54) is 6.07 Å². The maximum absolute atomic E-state index is 9.82. The molecule has 0 saturated heterocycles. The smallest absolute Gasteiger partial charge is 0.215 e. The van der Waals surface area contributed by atoms with Crippen molar-refractivity contribution in [2.45, 2.75) is 20.4 Å². The zero-order valence-corrected chi connectivity index (χ0v) is 16.9. The second kappa shape index (κ2) is 8.12. The van der Waals surface area contributed by atoms with E-state index in [0.29, 0.717) is 0 Å². The van der Waals surface area contributed by atoms with Crippen LogP contribution in [0.2, 0.25) is 0 Å². The molecule has 0 fully saturated rings. The van der Waals surface area contributed by atoms with Crippen LogP contribution in [0.5, 0.6) is 11.5 Å². The minimum Gasteiger partial charge on any atom is -0.504 e. The van der Waals surface area contributed by atoms with Gasteiger partial charge in [-0.25, -0.2) is 4.98 Å². The molecule has 7 heteroatoms. The molecular formula is C21H25ClN4O2. The number of phenolic OH excluding ortho intramolecular Hbond substituents is 2. The van der Waals surface area contributed by atoms with Gasteiger partial charge in [0.25, 0.3) is 0 Å². The maximum Gasteiger partial charge on any atom is 0.215 e. The number of imidazole rings is 2. The van der Waals surface area contributed by atoms with Crippen LogP contribution >= 0.6 is 12.4 Å². The van der Waals surface area contributed by atoms with E-state index in [-0.39, 0.29) is 23.9 Å². The molecular weight excluding hydrogens is 376 g/mol. The molecule has 2 heterocycles. The Morgan fingerprint density at radius 1 is 0.964 bits per heavy atom. The molecule has 148 valence electrons. The van der Waals surface area contributed by atoms with Crippen LogP contribution in [0, 0.1) is 0 Å². The molecule has 4 rings (SSSR count). The van der Waals surface area contributed by atoms with Gasteiger partial charge in [-0.15, -0.1) is 12.4 Å². The number of benzene rings is 2. The average molecular weight is 401 g/mol. The Morgan fingerprint density at radius 2 is 1.68 bits per heavy atom. The van der Waals surface area contributed by atoms with Crippen molar-refractivity contribution in [1.82, 2.24) is 18.9 Å². The summed E-state index contributed by atoms with van der Waals surface area (Å²) in [5.74, 6) is 0.613. The van der Waals surface area contributed by atoms with E-state index in [0.717, 1.165) is 54.2 Å². The largest absolute Gasteiger partial charge is 0.504 e. The van der Waals surface area contributed by atoms with Crippen LogP contribution in [0.25, 0.3) is 28.1 Å². The summed E-state index contributed by atoms with van der Waals surface area (Å²) >= 11 is 0. The highest BCUT2D eigenvalue weighted by Crippen LogP contribution is 2.31. The van der Waals surface area contributed by atoms with Crippen molar-refractivity contribution < 1.29 is 10.2 Å². The first-order valence-corrected chi connectivity index (χ1v) is 9.33. The van der Waals surface area contributed by atoms with Crippen molar-refractivity contribution in [2.75, 3.05) is 19.6 Å². The van der Waals surface area contributed by atoms with Gasteiger partial charge in [-0.05, 0) is 43.4 Å². The molecule has 4 aromatic rings. The normalized spacial score (nSPS) is 11.4. The summed E-state index contributed by atoms with van der Waals surface area (Å²) in [5, 5.41) is 19.4. The number of hydrogen-bond donors (Lipinski definition) is 2. The lowest BCUT2D eigenvalue weighted by Crippen LogP contribution is -2.27. The Kier molecular flexibility index (Phi) is 5.82. The maximum atomic E-state index is 9.82. The van der Waals surface area contributed by atoms with Gasteiger partial charge in [-0.2, -0.15) is 0 Å². The summed E-state index contributed by atoms with van der Waals surface area (Å²) in [7, 11) is 0. The summed E-state index contributed by atoms with van der Waals surface area (Å²) in [6, 6.07) is 13.1. The van der Waals surface area contributed by atoms with E-state index < -0.39 is 0 Å². The van der Waals surface area contributed by atoms with Gasteiger partial charge in [0, 0.05) is 24.8 Å². The number of fused-ring (bicyclic) bond motifs is 3. The van der Waals surface area contributed by atoms with Gasteiger partial charge in [0.1, 0.15) is 0 Å². The number of aromatic hydroxyl groups is 2. The van der Waals surface area contributed by atoms with Crippen molar-refractivity contribution in [3.05, 3.63) is 48.7 Å². The Morgan fingerprint density at radius 3 is 2.36 bits per heavy atom. The number of likely N-dealkylation sites (N-methyl/N-ethyl adjacent to an activating group) is 1. The predicted molar refractivity (Wildman–Crippen MR) is 114 cm³/mol. The van der Waals surface area contributed by atoms with E-state index in [1.807, 2.05) is 12.3 Å². The van der Waals surface area contributed by atoms with Gasteiger partial charge in [0.05, 0.1) is 16.7 Å². The van der Waals surface area contributed by atoms with Crippen molar-refractivity contribution in [3.63, 3.8) is 0 Å². The van der Waals surface area contributed by atoms with Gasteiger partial charge in [0.15, 0.2) is 11.5 Å². The lowest BCUT2D eigenvalue weighted by Gasteiger charge is -2.18. The second-order valence-electron chi connectivity index (χ2n) is 6.67. The van der Waals surface area contributed by atoms with Crippen LogP contribution in [0.1, 0.15) is 13.8 Å². The number of hydrogen-bond acceptors (Lipinski definition) is 4. The summed E-state index contributed by atoms with van der Waals surface area (Å²) < 4.78 is 4.34. The number of aromatic nitrogens is 3. The number of halogens is 1. The number of nitrogens with zero attached hydrogens (tertiary/aromatic N) is 4. The molecule has 0 aliphatic carbocycles. The standard InChI is InChI=1S/C21H24N4O2.ClH/c1-3-23(4-2)11-12-24-17-7-5-6-8-18(17)25-14-16(22-21(24)25)15-9-10-19(26)20(27)13-15;/h5-10,13-14,26-27H,3-4,11-12H2,1-2H3;1H. The molecule has 2 N–H and O–H groups in total. The average Bonchev–Trinajstić information content (AvgIpc) is 3.23. The Labute approximate surface area is 170 Å². The minimum absolute atomic E-state index is 0. The van der Waals surface area contributed by atoms with Crippen LogP contribution in [-0.2, 0) is 6.54 Å². The summed E-state index contributed by atoms with van der Waals surface area (Å²) in [6.07, 6.45) is 1.98. The predicted octanol–water partition coefficient (Wildman–Crippen LogP) is 4.13. The Hall–Kier alpha value is -2.70.